The van der Waals surface area contributed by atoms with Crippen LogP contribution in [0.3, 0.4) is 0 Å². The zero-order chi connectivity index (χ0) is 13.1. The number of carbonyl (C=O) groups is 1. The van der Waals surface area contributed by atoms with E-state index in [0.29, 0.717) is 24.1 Å². The molecular formula is C12H14N2O4. The van der Waals surface area contributed by atoms with Gasteiger partial charge in [0.1, 0.15) is 0 Å². The molecule has 0 aliphatic carbocycles. The fraction of sp³-hybridized carbons (Fsp3) is 0.333. The van der Waals surface area contributed by atoms with Crippen molar-refractivity contribution in [2.24, 2.45) is 0 Å². The molecule has 2 aromatic rings. The van der Waals surface area contributed by atoms with Crippen LogP contribution in [0, 0.1) is 0 Å². The van der Waals surface area contributed by atoms with E-state index in [1.54, 1.807) is 19.2 Å². The van der Waals surface area contributed by atoms with Gasteiger partial charge < -0.3 is 14.1 Å². The minimum atomic E-state index is -0.464. The maximum Gasteiger partial charge on any atom is 0.417 e. The Morgan fingerprint density at radius 3 is 3.00 bits per heavy atom. The van der Waals surface area contributed by atoms with Crippen molar-refractivity contribution < 1.29 is 13.9 Å². The molecule has 0 unspecified atom stereocenters. The number of benzene rings is 1. The Balaban J connectivity index is 2.08. The standard InChI is InChI=1S/C12H14N2O4/c1-14(12(16)17-2)6-5-8-3-4-9-10(7-8)18-11(15)13-9/h3-4,7H,5-6H2,1-2H3,(H,13,15). The average molecular weight is 250 g/mol. The molecule has 0 fully saturated rings. The number of H-pyrrole nitrogens is 1. The number of aromatic amines is 1. The molecule has 0 aliphatic heterocycles. The van der Waals surface area contributed by atoms with Gasteiger partial charge in [-0.15, -0.1) is 0 Å². The topological polar surface area (TPSA) is 75.5 Å². The average Bonchev–Trinajstić information content (AvgIpc) is 2.74. The van der Waals surface area contributed by atoms with Gasteiger partial charge in [0, 0.05) is 13.6 Å². The highest BCUT2D eigenvalue weighted by Gasteiger charge is 2.08. The number of methoxy groups -OCH3 is 1. The van der Waals surface area contributed by atoms with Gasteiger partial charge in [0.25, 0.3) is 0 Å². The van der Waals surface area contributed by atoms with Crippen molar-refractivity contribution in [3.05, 3.63) is 34.3 Å². The van der Waals surface area contributed by atoms with Crippen LogP contribution >= 0.6 is 0 Å². The van der Waals surface area contributed by atoms with Crippen molar-refractivity contribution in [2.75, 3.05) is 20.7 Å². The Morgan fingerprint density at radius 2 is 2.28 bits per heavy atom. The maximum absolute atomic E-state index is 11.2. The number of fused-ring (bicyclic) bond motifs is 1. The lowest BCUT2D eigenvalue weighted by molar-refractivity contribution is 0.134. The molecule has 0 bridgehead atoms. The lowest BCUT2D eigenvalue weighted by Gasteiger charge is -2.14. The molecule has 0 atom stereocenters. The molecule has 2 rings (SSSR count). The Morgan fingerprint density at radius 1 is 1.50 bits per heavy atom. The molecular weight excluding hydrogens is 236 g/mol. The van der Waals surface area contributed by atoms with Crippen molar-refractivity contribution in [2.45, 2.75) is 6.42 Å². The molecule has 1 heterocycles. The fourth-order valence-corrected chi connectivity index (χ4v) is 1.69. The van der Waals surface area contributed by atoms with E-state index >= 15 is 0 Å². The van der Waals surface area contributed by atoms with E-state index in [2.05, 4.69) is 9.72 Å². The van der Waals surface area contributed by atoms with Gasteiger partial charge in [-0.1, -0.05) is 6.07 Å². The number of hydrogen-bond acceptors (Lipinski definition) is 4. The Hall–Kier alpha value is -2.24. The van der Waals surface area contributed by atoms with Crippen molar-refractivity contribution >= 4 is 17.2 Å². The second-order valence-corrected chi connectivity index (χ2v) is 3.99. The van der Waals surface area contributed by atoms with Gasteiger partial charge >= 0.3 is 11.8 Å². The van der Waals surface area contributed by atoms with E-state index in [1.165, 1.54) is 12.0 Å². The first-order valence-corrected chi connectivity index (χ1v) is 5.51. The smallest absolute Gasteiger partial charge is 0.417 e. The lowest BCUT2D eigenvalue weighted by atomic mass is 10.1. The van der Waals surface area contributed by atoms with Crippen LogP contribution in [0.1, 0.15) is 5.56 Å². The number of rotatable bonds is 3. The highest BCUT2D eigenvalue weighted by atomic mass is 16.5. The molecule has 96 valence electrons. The molecule has 0 saturated heterocycles. The SMILES string of the molecule is COC(=O)N(C)CCc1ccc2[nH]c(=O)oc2c1. The summed E-state index contributed by atoms with van der Waals surface area (Å²) in [5.41, 5.74) is 2.18. The molecule has 1 aromatic carbocycles. The highest BCUT2D eigenvalue weighted by molar-refractivity contribution is 5.72. The minimum Gasteiger partial charge on any atom is -0.453 e. The predicted molar refractivity (Wildman–Crippen MR) is 65.6 cm³/mol. The third-order valence-corrected chi connectivity index (χ3v) is 2.71. The normalized spacial score (nSPS) is 10.6. The number of amides is 1. The molecule has 0 aliphatic rings. The summed E-state index contributed by atoms with van der Waals surface area (Å²) in [4.78, 5) is 26.2. The summed E-state index contributed by atoms with van der Waals surface area (Å²) in [6.07, 6.45) is 0.292. The van der Waals surface area contributed by atoms with Crippen LogP contribution in [0.15, 0.2) is 27.4 Å². The molecule has 0 saturated carbocycles. The molecule has 1 amide bonds. The van der Waals surface area contributed by atoms with E-state index < -0.39 is 5.76 Å². The Kier molecular flexibility index (Phi) is 3.36. The number of hydrogen-bond donors (Lipinski definition) is 1. The van der Waals surface area contributed by atoms with Crippen molar-refractivity contribution in [3.63, 3.8) is 0 Å². The Bertz CT molecular complexity index is 614. The second-order valence-electron chi connectivity index (χ2n) is 3.99. The van der Waals surface area contributed by atoms with Crippen LogP contribution < -0.4 is 5.76 Å². The van der Waals surface area contributed by atoms with E-state index in [-0.39, 0.29) is 6.09 Å². The number of nitrogens with zero attached hydrogens (tertiary/aromatic N) is 1. The number of ether oxygens (including phenoxy) is 1. The van der Waals surface area contributed by atoms with Gasteiger partial charge in [-0.2, -0.15) is 0 Å². The number of nitrogens with one attached hydrogen (secondary N) is 1. The first-order valence-electron chi connectivity index (χ1n) is 5.51. The first kappa shape index (κ1) is 12.2. The summed E-state index contributed by atoms with van der Waals surface area (Å²) in [6, 6.07) is 5.46. The van der Waals surface area contributed by atoms with Crippen molar-refractivity contribution in [1.29, 1.82) is 0 Å². The minimum absolute atomic E-state index is 0.371. The largest absolute Gasteiger partial charge is 0.453 e. The zero-order valence-corrected chi connectivity index (χ0v) is 10.2. The molecule has 6 heteroatoms. The third kappa shape index (κ3) is 2.53. The Labute approximate surface area is 103 Å². The van der Waals surface area contributed by atoms with E-state index in [1.807, 2.05) is 6.07 Å². The van der Waals surface area contributed by atoms with Gasteiger partial charge in [-0.25, -0.2) is 9.59 Å². The van der Waals surface area contributed by atoms with Crippen LogP contribution in [0.4, 0.5) is 4.79 Å². The summed E-state index contributed by atoms with van der Waals surface area (Å²) >= 11 is 0. The summed E-state index contributed by atoms with van der Waals surface area (Å²) < 4.78 is 9.56. The summed E-state index contributed by atoms with van der Waals surface area (Å²) in [6.45, 7) is 0.535. The molecule has 1 aromatic heterocycles. The van der Waals surface area contributed by atoms with Crippen LogP contribution in [0.25, 0.3) is 11.1 Å². The monoisotopic (exact) mass is 250 g/mol. The van der Waals surface area contributed by atoms with Crippen molar-refractivity contribution in [1.82, 2.24) is 9.88 Å². The van der Waals surface area contributed by atoms with E-state index in [4.69, 9.17) is 4.42 Å². The van der Waals surface area contributed by atoms with Gasteiger partial charge in [0.2, 0.25) is 0 Å². The molecule has 0 radical (unpaired) electrons. The first-order chi connectivity index (χ1) is 8.60. The summed E-state index contributed by atoms with van der Waals surface area (Å²) in [5, 5.41) is 0. The van der Waals surface area contributed by atoms with Gasteiger partial charge in [-0.3, -0.25) is 4.98 Å². The van der Waals surface area contributed by atoms with Crippen LogP contribution in [-0.4, -0.2) is 36.7 Å². The summed E-state index contributed by atoms with van der Waals surface area (Å²) in [7, 11) is 3.01. The van der Waals surface area contributed by atoms with Gasteiger partial charge in [0.05, 0.1) is 12.6 Å². The molecule has 0 spiro atoms. The quantitative estimate of drug-likeness (QED) is 0.892. The summed E-state index contributed by atoms with van der Waals surface area (Å²) in [5.74, 6) is -0.464. The van der Waals surface area contributed by atoms with Gasteiger partial charge in [-0.05, 0) is 24.1 Å². The molecule has 18 heavy (non-hydrogen) atoms. The number of carbonyl (C=O) groups excluding carboxylic acids is 1. The van der Waals surface area contributed by atoms with Gasteiger partial charge in [0.15, 0.2) is 5.58 Å². The van der Waals surface area contributed by atoms with E-state index in [0.717, 1.165) is 5.56 Å². The van der Waals surface area contributed by atoms with E-state index in [9.17, 15) is 9.59 Å². The number of aromatic nitrogens is 1. The molecule has 6 nitrogen and oxygen atoms in total. The second kappa shape index (κ2) is 4.95. The van der Waals surface area contributed by atoms with Crippen LogP contribution in [0.2, 0.25) is 0 Å². The number of oxazole rings is 1. The number of likely N-dealkylation sites (N-methyl/N-ethyl adjacent to an activating group) is 1. The van der Waals surface area contributed by atoms with Crippen molar-refractivity contribution in [3.8, 4) is 0 Å². The lowest BCUT2D eigenvalue weighted by Crippen LogP contribution is -2.28. The van der Waals surface area contributed by atoms with Crippen LogP contribution in [0.5, 0.6) is 0 Å². The highest BCUT2D eigenvalue weighted by Crippen LogP contribution is 2.13. The maximum atomic E-state index is 11.2. The fourth-order valence-electron chi connectivity index (χ4n) is 1.69. The third-order valence-electron chi connectivity index (χ3n) is 2.71. The van der Waals surface area contributed by atoms with Crippen LogP contribution in [-0.2, 0) is 11.2 Å². The zero-order valence-electron chi connectivity index (χ0n) is 10.2. The molecule has 1 N–H and O–H groups in total. The predicted octanol–water partition coefficient (Wildman–Crippen LogP) is 1.36.